The third-order valence-electron chi connectivity index (χ3n) is 10.7. The van der Waals surface area contributed by atoms with Gasteiger partial charge in [0.1, 0.15) is 11.2 Å². The zero-order valence-corrected chi connectivity index (χ0v) is 30.2. The van der Waals surface area contributed by atoms with Crippen LogP contribution in [0.4, 0.5) is 0 Å². The Morgan fingerprint density at radius 1 is 0.304 bits per heavy atom. The highest BCUT2D eigenvalue weighted by atomic mass is 16.3. The lowest BCUT2D eigenvalue weighted by Crippen LogP contribution is -2.00. The Morgan fingerprint density at radius 2 is 0.768 bits per heavy atom. The molecule has 0 saturated carbocycles. The normalized spacial score (nSPS) is 11.6. The average Bonchev–Trinajstić information content (AvgIpc) is 3.80. The van der Waals surface area contributed by atoms with Crippen molar-refractivity contribution in [3.05, 3.63) is 194 Å². The molecule has 262 valence electrons. The van der Waals surface area contributed by atoms with Crippen LogP contribution < -0.4 is 0 Å². The van der Waals surface area contributed by atoms with Gasteiger partial charge < -0.3 is 8.98 Å². The first-order chi connectivity index (χ1) is 27.7. The molecule has 0 bridgehead atoms. The van der Waals surface area contributed by atoms with Crippen LogP contribution in [-0.2, 0) is 0 Å². The maximum atomic E-state index is 6.58. The SMILES string of the molecule is c1ccc(-c2ccc(-c3nc(-c4ccccc4)nc(-c4ccc5oc6cc7c(cc6c5c4)c4ccccc4n7-c4ccc(-c5ccccc5)cc4)n3)cc2)cc1. The minimum Gasteiger partial charge on any atom is -0.456 e. The van der Waals surface area contributed by atoms with E-state index < -0.39 is 0 Å². The van der Waals surface area contributed by atoms with E-state index in [1.165, 1.54) is 27.5 Å². The molecule has 0 atom stereocenters. The molecule has 56 heavy (non-hydrogen) atoms. The van der Waals surface area contributed by atoms with Crippen LogP contribution in [0.2, 0.25) is 0 Å². The highest BCUT2D eigenvalue weighted by Crippen LogP contribution is 2.40. The van der Waals surface area contributed by atoms with Gasteiger partial charge in [0.05, 0.1) is 11.0 Å². The molecule has 0 aliphatic rings. The van der Waals surface area contributed by atoms with E-state index in [1.54, 1.807) is 0 Å². The van der Waals surface area contributed by atoms with Crippen molar-refractivity contribution in [1.82, 2.24) is 19.5 Å². The maximum absolute atomic E-state index is 6.58. The summed E-state index contributed by atoms with van der Waals surface area (Å²) in [5, 5.41) is 4.42. The van der Waals surface area contributed by atoms with Crippen molar-refractivity contribution in [1.29, 1.82) is 0 Å². The molecule has 0 amide bonds. The van der Waals surface area contributed by atoms with Crippen molar-refractivity contribution >= 4 is 43.7 Å². The molecule has 0 fully saturated rings. The molecule has 0 N–H and O–H groups in total. The summed E-state index contributed by atoms with van der Waals surface area (Å²) in [6, 6.07) is 67.5. The number of hydrogen-bond donors (Lipinski definition) is 0. The lowest BCUT2D eigenvalue weighted by atomic mass is 10.0. The minimum atomic E-state index is 0.605. The summed E-state index contributed by atoms with van der Waals surface area (Å²) in [5.74, 6) is 1.85. The van der Waals surface area contributed by atoms with Crippen molar-refractivity contribution in [3.63, 3.8) is 0 Å². The third kappa shape index (κ3) is 5.45. The van der Waals surface area contributed by atoms with Gasteiger partial charge in [-0.3, -0.25) is 0 Å². The lowest BCUT2D eigenvalue weighted by Gasteiger charge is -2.09. The summed E-state index contributed by atoms with van der Waals surface area (Å²) >= 11 is 0. The smallest absolute Gasteiger partial charge is 0.164 e. The molecule has 5 nitrogen and oxygen atoms in total. The first kappa shape index (κ1) is 31.9. The molecular formula is C51H32N4O. The summed E-state index contributed by atoms with van der Waals surface area (Å²) in [6.45, 7) is 0. The topological polar surface area (TPSA) is 56.7 Å². The van der Waals surface area contributed by atoms with Crippen LogP contribution in [-0.4, -0.2) is 19.5 Å². The Labute approximate surface area is 322 Å². The number of rotatable bonds is 6. The first-order valence-electron chi connectivity index (χ1n) is 18.8. The number of furan rings is 1. The van der Waals surface area contributed by atoms with Crippen molar-refractivity contribution < 1.29 is 4.42 Å². The molecule has 0 aliphatic heterocycles. The number of para-hydroxylation sites is 1. The van der Waals surface area contributed by atoms with E-state index in [-0.39, 0.29) is 0 Å². The van der Waals surface area contributed by atoms with Crippen LogP contribution in [0.5, 0.6) is 0 Å². The molecule has 5 heteroatoms. The summed E-state index contributed by atoms with van der Waals surface area (Å²) in [4.78, 5) is 15.1. The van der Waals surface area contributed by atoms with Gasteiger partial charge in [0.2, 0.25) is 0 Å². The second-order valence-corrected chi connectivity index (χ2v) is 14.1. The van der Waals surface area contributed by atoms with Gasteiger partial charge in [-0.1, -0.05) is 146 Å². The number of benzene rings is 8. The van der Waals surface area contributed by atoms with Crippen LogP contribution in [0.25, 0.3) is 106 Å². The fourth-order valence-electron chi connectivity index (χ4n) is 7.88. The molecule has 0 aliphatic carbocycles. The van der Waals surface area contributed by atoms with Gasteiger partial charge in [0.25, 0.3) is 0 Å². The molecule has 0 unspecified atom stereocenters. The van der Waals surface area contributed by atoms with Gasteiger partial charge in [-0.25, -0.2) is 15.0 Å². The molecule has 3 heterocycles. The first-order valence-corrected chi connectivity index (χ1v) is 18.8. The van der Waals surface area contributed by atoms with E-state index in [9.17, 15) is 0 Å². The van der Waals surface area contributed by atoms with Crippen molar-refractivity contribution in [2.75, 3.05) is 0 Å². The standard InChI is InChI=1S/C51H32N4O/c1-4-12-33(13-5-1)35-20-22-38(23-21-35)50-52-49(37-16-8-3-9-17-37)53-51(54-50)39-26-29-47-43(30-39)44-31-42-41-18-10-11-19-45(41)55(46(42)32-48(44)56-47)40-27-24-36(25-28-40)34-14-6-2-7-15-34/h1-32H. The van der Waals surface area contributed by atoms with Crippen LogP contribution in [0, 0.1) is 0 Å². The molecule has 11 aromatic rings. The Bertz CT molecular complexity index is 3200. The minimum absolute atomic E-state index is 0.605. The monoisotopic (exact) mass is 716 g/mol. The van der Waals surface area contributed by atoms with Gasteiger partial charge in [-0.2, -0.15) is 0 Å². The quantitative estimate of drug-likeness (QED) is 0.172. The molecule has 0 saturated heterocycles. The Kier molecular flexibility index (Phi) is 7.42. The highest BCUT2D eigenvalue weighted by Gasteiger charge is 2.18. The molecule has 0 spiro atoms. The average molecular weight is 717 g/mol. The molecule has 0 radical (unpaired) electrons. The van der Waals surface area contributed by atoms with E-state index in [2.05, 4.69) is 144 Å². The Hall–Kier alpha value is -7.63. The number of hydrogen-bond acceptors (Lipinski definition) is 4. The van der Waals surface area contributed by atoms with Gasteiger partial charge >= 0.3 is 0 Å². The Morgan fingerprint density at radius 3 is 1.41 bits per heavy atom. The highest BCUT2D eigenvalue weighted by molar-refractivity contribution is 6.17. The number of aromatic nitrogens is 4. The zero-order chi connectivity index (χ0) is 37.0. The summed E-state index contributed by atoms with van der Waals surface area (Å²) in [6.07, 6.45) is 0. The van der Waals surface area contributed by atoms with E-state index in [0.29, 0.717) is 17.5 Å². The molecular weight excluding hydrogens is 685 g/mol. The van der Waals surface area contributed by atoms with Gasteiger partial charge in [-0.15, -0.1) is 0 Å². The Balaban J connectivity index is 1.04. The largest absolute Gasteiger partial charge is 0.456 e. The second-order valence-electron chi connectivity index (χ2n) is 14.1. The van der Waals surface area contributed by atoms with Crippen molar-refractivity contribution in [3.8, 4) is 62.1 Å². The van der Waals surface area contributed by atoms with E-state index in [0.717, 1.165) is 60.9 Å². The van der Waals surface area contributed by atoms with Crippen LogP contribution in [0.15, 0.2) is 199 Å². The second kappa shape index (κ2) is 13.0. The summed E-state index contributed by atoms with van der Waals surface area (Å²) < 4.78 is 8.92. The fraction of sp³-hybridized carbons (Fsp3) is 0. The van der Waals surface area contributed by atoms with Crippen molar-refractivity contribution in [2.45, 2.75) is 0 Å². The lowest BCUT2D eigenvalue weighted by molar-refractivity contribution is 0.669. The third-order valence-corrected chi connectivity index (χ3v) is 10.7. The van der Waals surface area contributed by atoms with Gasteiger partial charge in [-0.05, 0) is 64.7 Å². The predicted octanol–water partition coefficient (Wildman–Crippen LogP) is 13.2. The molecule has 11 rings (SSSR count). The van der Waals surface area contributed by atoms with Crippen LogP contribution >= 0.6 is 0 Å². The maximum Gasteiger partial charge on any atom is 0.164 e. The van der Waals surface area contributed by atoms with Gasteiger partial charge in [0.15, 0.2) is 17.5 Å². The van der Waals surface area contributed by atoms with E-state index in [1.807, 2.05) is 54.6 Å². The molecule has 8 aromatic carbocycles. The van der Waals surface area contributed by atoms with E-state index in [4.69, 9.17) is 19.4 Å². The van der Waals surface area contributed by atoms with Gasteiger partial charge in [0, 0.05) is 50.0 Å². The number of fused-ring (bicyclic) bond motifs is 6. The summed E-state index contributed by atoms with van der Waals surface area (Å²) in [7, 11) is 0. The summed E-state index contributed by atoms with van der Waals surface area (Å²) in [5.41, 5.74) is 12.4. The van der Waals surface area contributed by atoms with Crippen LogP contribution in [0.1, 0.15) is 0 Å². The van der Waals surface area contributed by atoms with Crippen molar-refractivity contribution in [2.24, 2.45) is 0 Å². The van der Waals surface area contributed by atoms with Crippen LogP contribution in [0.3, 0.4) is 0 Å². The van der Waals surface area contributed by atoms with E-state index >= 15 is 0 Å². The zero-order valence-electron chi connectivity index (χ0n) is 30.2. The molecule has 3 aromatic heterocycles. The predicted molar refractivity (Wildman–Crippen MR) is 229 cm³/mol. The number of nitrogens with zero attached hydrogens (tertiary/aromatic N) is 4. The fourth-order valence-corrected chi connectivity index (χ4v) is 7.88.